The number of aliphatic hydroxyl groups excluding tert-OH is 1. The molecular weight excluding hydrogens is 226 g/mol. The predicted octanol–water partition coefficient (Wildman–Crippen LogP) is 1.71. The Morgan fingerprint density at radius 2 is 2.38 bits per heavy atom. The van der Waals surface area contributed by atoms with Crippen molar-refractivity contribution in [1.29, 1.82) is 0 Å². The summed E-state index contributed by atoms with van der Waals surface area (Å²) in [6.07, 6.45) is 4.53. The van der Waals surface area contributed by atoms with Crippen molar-refractivity contribution in [2.75, 3.05) is 24.3 Å². The summed E-state index contributed by atoms with van der Waals surface area (Å²) in [5.41, 5.74) is 0.860. The number of ether oxygens (including phenoxy) is 1. The molecule has 4 heteroatoms. The summed E-state index contributed by atoms with van der Waals surface area (Å²) in [7, 11) is 0. The number of anilines is 1. The number of rotatable bonds is 6. The van der Waals surface area contributed by atoms with Gasteiger partial charge in [0.15, 0.2) is 0 Å². The van der Waals surface area contributed by atoms with Crippen LogP contribution in [0, 0.1) is 12.3 Å². The Bertz CT molecular complexity index is 362. The first kappa shape index (κ1) is 12.7. The largest absolute Gasteiger partial charge is 0.481 e. The van der Waals surface area contributed by atoms with E-state index in [0.29, 0.717) is 12.3 Å². The van der Waals surface area contributed by atoms with E-state index < -0.39 is 6.10 Å². The number of aliphatic hydroxyl groups is 1. The molecule has 0 amide bonds. The first-order valence-corrected chi connectivity index (χ1v) is 5.44. The van der Waals surface area contributed by atoms with E-state index in [1.165, 1.54) is 0 Å². The lowest BCUT2D eigenvalue weighted by Crippen LogP contribution is -2.20. The average Bonchev–Trinajstić information content (AvgIpc) is 2.34. The highest BCUT2D eigenvalue weighted by molar-refractivity contribution is 6.18. The van der Waals surface area contributed by atoms with Crippen LogP contribution in [-0.4, -0.2) is 30.2 Å². The highest BCUT2D eigenvalue weighted by Gasteiger charge is 2.01. The fourth-order valence-electron chi connectivity index (χ4n) is 1.11. The van der Waals surface area contributed by atoms with E-state index in [4.69, 9.17) is 22.8 Å². The molecule has 0 spiro atoms. The first-order chi connectivity index (χ1) is 7.76. The maximum atomic E-state index is 9.28. The number of halogens is 1. The Balaban J connectivity index is 2.50. The summed E-state index contributed by atoms with van der Waals surface area (Å²) < 4.78 is 5.26. The van der Waals surface area contributed by atoms with Crippen LogP contribution in [0.2, 0.25) is 0 Å². The van der Waals surface area contributed by atoms with Gasteiger partial charge in [-0.05, 0) is 12.1 Å². The Morgan fingerprint density at radius 1 is 1.56 bits per heavy atom. The molecule has 1 aromatic rings. The molecule has 0 heterocycles. The Hall–Kier alpha value is -1.37. The molecule has 0 radical (unpaired) electrons. The van der Waals surface area contributed by atoms with Crippen LogP contribution in [0.1, 0.15) is 0 Å². The molecule has 1 aromatic carbocycles. The molecule has 0 fully saturated rings. The zero-order valence-electron chi connectivity index (χ0n) is 8.82. The Kier molecular flexibility index (Phi) is 5.55. The molecule has 0 aliphatic rings. The number of alkyl halides is 1. The van der Waals surface area contributed by atoms with E-state index in [1.54, 1.807) is 0 Å². The van der Waals surface area contributed by atoms with E-state index in [-0.39, 0.29) is 12.5 Å². The molecule has 16 heavy (non-hydrogen) atoms. The molecule has 86 valence electrons. The van der Waals surface area contributed by atoms with Crippen LogP contribution in [0.4, 0.5) is 5.69 Å². The van der Waals surface area contributed by atoms with Gasteiger partial charge in [-0.2, -0.15) is 0 Å². The zero-order valence-corrected chi connectivity index (χ0v) is 9.57. The third kappa shape index (κ3) is 4.43. The maximum absolute atomic E-state index is 9.28. The SMILES string of the molecule is C#CCOc1cccc(NCC(O)CCl)c1. The van der Waals surface area contributed by atoms with Crippen molar-refractivity contribution in [3.8, 4) is 18.1 Å². The molecular formula is C12H14ClNO2. The minimum atomic E-state index is -0.558. The van der Waals surface area contributed by atoms with Gasteiger partial charge in [-0.15, -0.1) is 18.0 Å². The summed E-state index contributed by atoms with van der Waals surface area (Å²) in [4.78, 5) is 0. The van der Waals surface area contributed by atoms with Gasteiger partial charge in [0.25, 0.3) is 0 Å². The van der Waals surface area contributed by atoms with Gasteiger partial charge in [-0.1, -0.05) is 12.0 Å². The summed E-state index contributed by atoms with van der Waals surface area (Å²) in [5.74, 6) is 3.30. The topological polar surface area (TPSA) is 41.5 Å². The zero-order chi connectivity index (χ0) is 11.8. The van der Waals surface area contributed by atoms with Gasteiger partial charge in [0, 0.05) is 18.3 Å². The summed E-state index contributed by atoms with van der Waals surface area (Å²) in [6, 6.07) is 7.36. The lowest BCUT2D eigenvalue weighted by molar-refractivity contribution is 0.211. The van der Waals surface area contributed by atoms with Crippen molar-refractivity contribution in [1.82, 2.24) is 0 Å². The predicted molar refractivity (Wildman–Crippen MR) is 66.0 cm³/mol. The molecule has 0 aromatic heterocycles. The molecule has 0 aliphatic heterocycles. The number of terminal acetylenes is 1. The molecule has 1 rings (SSSR count). The van der Waals surface area contributed by atoms with Gasteiger partial charge >= 0.3 is 0 Å². The second kappa shape index (κ2) is 7.00. The molecule has 0 bridgehead atoms. The highest BCUT2D eigenvalue weighted by Crippen LogP contribution is 2.17. The van der Waals surface area contributed by atoms with Crippen LogP contribution in [0.3, 0.4) is 0 Å². The summed E-state index contributed by atoms with van der Waals surface area (Å²) in [5, 5.41) is 12.3. The van der Waals surface area contributed by atoms with E-state index in [9.17, 15) is 5.11 Å². The molecule has 1 atom stereocenters. The van der Waals surface area contributed by atoms with Crippen molar-refractivity contribution < 1.29 is 9.84 Å². The molecule has 0 saturated heterocycles. The molecule has 0 saturated carbocycles. The molecule has 0 aliphatic carbocycles. The van der Waals surface area contributed by atoms with Gasteiger partial charge in [0.2, 0.25) is 0 Å². The molecule has 3 nitrogen and oxygen atoms in total. The van der Waals surface area contributed by atoms with Crippen LogP contribution in [-0.2, 0) is 0 Å². The lowest BCUT2D eigenvalue weighted by atomic mass is 10.3. The minimum absolute atomic E-state index is 0.209. The van der Waals surface area contributed by atoms with Gasteiger partial charge in [0.1, 0.15) is 12.4 Å². The van der Waals surface area contributed by atoms with Crippen molar-refractivity contribution in [3.05, 3.63) is 24.3 Å². The fraction of sp³-hybridized carbons (Fsp3) is 0.333. The summed E-state index contributed by atoms with van der Waals surface area (Å²) >= 11 is 5.48. The van der Waals surface area contributed by atoms with Crippen molar-refractivity contribution >= 4 is 17.3 Å². The monoisotopic (exact) mass is 239 g/mol. The Labute approximate surface area is 100 Å². The third-order valence-corrected chi connectivity index (χ3v) is 2.23. The van der Waals surface area contributed by atoms with E-state index >= 15 is 0 Å². The van der Waals surface area contributed by atoms with E-state index in [1.807, 2.05) is 24.3 Å². The van der Waals surface area contributed by atoms with Crippen LogP contribution in [0.25, 0.3) is 0 Å². The first-order valence-electron chi connectivity index (χ1n) is 4.90. The Morgan fingerprint density at radius 3 is 3.06 bits per heavy atom. The standard InChI is InChI=1S/C12H14ClNO2/c1-2-6-16-12-5-3-4-10(7-12)14-9-11(15)8-13/h1,3-5,7,11,14-15H,6,8-9H2. The number of nitrogens with one attached hydrogen (secondary N) is 1. The van der Waals surface area contributed by atoms with Gasteiger partial charge < -0.3 is 15.2 Å². The van der Waals surface area contributed by atoms with E-state index in [0.717, 1.165) is 5.69 Å². The van der Waals surface area contributed by atoms with Crippen LogP contribution < -0.4 is 10.1 Å². The normalized spacial score (nSPS) is 11.6. The van der Waals surface area contributed by atoms with Crippen molar-refractivity contribution in [3.63, 3.8) is 0 Å². The van der Waals surface area contributed by atoms with Gasteiger partial charge in [-0.25, -0.2) is 0 Å². The van der Waals surface area contributed by atoms with Crippen molar-refractivity contribution in [2.24, 2.45) is 0 Å². The highest BCUT2D eigenvalue weighted by atomic mass is 35.5. The second-order valence-electron chi connectivity index (χ2n) is 3.21. The number of hydrogen-bond donors (Lipinski definition) is 2. The van der Waals surface area contributed by atoms with Crippen LogP contribution >= 0.6 is 11.6 Å². The summed E-state index contributed by atoms with van der Waals surface area (Å²) in [6.45, 7) is 0.649. The van der Waals surface area contributed by atoms with Gasteiger partial charge in [0.05, 0.1) is 12.0 Å². The van der Waals surface area contributed by atoms with Crippen LogP contribution in [0.5, 0.6) is 5.75 Å². The number of benzene rings is 1. The molecule has 1 unspecified atom stereocenters. The smallest absolute Gasteiger partial charge is 0.148 e. The van der Waals surface area contributed by atoms with Crippen molar-refractivity contribution in [2.45, 2.75) is 6.10 Å². The number of hydrogen-bond acceptors (Lipinski definition) is 3. The quantitative estimate of drug-likeness (QED) is 0.587. The average molecular weight is 240 g/mol. The van der Waals surface area contributed by atoms with Gasteiger partial charge in [-0.3, -0.25) is 0 Å². The third-order valence-electron chi connectivity index (χ3n) is 1.88. The lowest BCUT2D eigenvalue weighted by Gasteiger charge is -2.11. The second-order valence-corrected chi connectivity index (χ2v) is 3.52. The van der Waals surface area contributed by atoms with Crippen LogP contribution in [0.15, 0.2) is 24.3 Å². The maximum Gasteiger partial charge on any atom is 0.148 e. The fourth-order valence-corrected chi connectivity index (χ4v) is 1.22. The van der Waals surface area contributed by atoms with E-state index in [2.05, 4.69) is 11.2 Å². The minimum Gasteiger partial charge on any atom is -0.481 e. The molecule has 2 N–H and O–H groups in total.